The normalized spacial score (nSPS) is 14.2. The molecule has 10 nitrogen and oxygen atoms in total. The number of morpholine rings is 1. The van der Waals surface area contributed by atoms with Crippen LogP contribution < -0.4 is 15.8 Å². The van der Waals surface area contributed by atoms with Gasteiger partial charge in [-0.1, -0.05) is 0 Å². The molecule has 0 aliphatic carbocycles. The predicted octanol–water partition coefficient (Wildman–Crippen LogP) is 2.72. The smallest absolute Gasteiger partial charge is 0.404 e. The highest BCUT2D eigenvalue weighted by Crippen LogP contribution is 2.31. The van der Waals surface area contributed by atoms with Gasteiger partial charge < -0.3 is 20.5 Å². The van der Waals surface area contributed by atoms with Crippen LogP contribution in [0.5, 0.6) is 5.75 Å². The van der Waals surface area contributed by atoms with Crippen LogP contribution in [0.15, 0.2) is 48.9 Å². The van der Waals surface area contributed by atoms with E-state index in [0.29, 0.717) is 49.1 Å². The Bertz CT molecular complexity index is 1260. The Hall–Kier alpha value is -4.10. The van der Waals surface area contributed by atoms with Crippen LogP contribution in [-0.4, -0.2) is 70.8 Å². The molecular weight excluding hydrogens is 493 g/mol. The zero-order valence-corrected chi connectivity index (χ0v) is 19.5. The van der Waals surface area contributed by atoms with Gasteiger partial charge in [-0.3, -0.25) is 24.5 Å². The van der Waals surface area contributed by atoms with Crippen molar-refractivity contribution < 1.29 is 32.2 Å². The molecule has 0 bridgehead atoms. The van der Waals surface area contributed by atoms with Gasteiger partial charge in [-0.05, 0) is 30.3 Å². The van der Waals surface area contributed by atoms with Gasteiger partial charge in [0.2, 0.25) is 5.91 Å². The van der Waals surface area contributed by atoms with Crippen molar-refractivity contribution >= 4 is 23.2 Å². The number of pyridine rings is 1. The van der Waals surface area contributed by atoms with Crippen molar-refractivity contribution in [3.8, 4) is 17.0 Å². The Kier molecular flexibility index (Phi) is 7.94. The van der Waals surface area contributed by atoms with E-state index in [9.17, 15) is 22.8 Å². The largest absolute Gasteiger partial charge is 0.573 e. The Morgan fingerprint density at radius 3 is 2.54 bits per heavy atom. The minimum atomic E-state index is -4.98. The van der Waals surface area contributed by atoms with Crippen molar-refractivity contribution in [2.75, 3.05) is 43.9 Å². The van der Waals surface area contributed by atoms with E-state index in [0.717, 1.165) is 12.1 Å². The average Bonchev–Trinajstić information content (AvgIpc) is 2.85. The number of hydrogen-bond acceptors (Lipinski definition) is 9. The highest BCUT2D eigenvalue weighted by molar-refractivity contribution is 6.00. The number of halogens is 3. The van der Waals surface area contributed by atoms with Gasteiger partial charge in [0.1, 0.15) is 5.82 Å². The second-order valence-corrected chi connectivity index (χ2v) is 8.16. The summed E-state index contributed by atoms with van der Waals surface area (Å²) in [6, 6.07) is 6.69. The lowest BCUT2D eigenvalue weighted by molar-refractivity contribution is -0.274. The van der Waals surface area contributed by atoms with Crippen LogP contribution in [0.25, 0.3) is 11.3 Å². The maximum Gasteiger partial charge on any atom is 0.573 e. The molecule has 0 saturated carbocycles. The number of carbonyl (C=O) groups excluding carboxylic acids is 2. The zero-order chi connectivity index (χ0) is 26.4. The fourth-order valence-electron chi connectivity index (χ4n) is 3.64. The van der Waals surface area contributed by atoms with Gasteiger partial charge in [0.05, 0.1) is 49.5 Å². The third kappa shape index (κ3) is 7.44. The Morgan fingerprint density at radius 1 is 1.08 bits per heavy atom. The summed E-state index contributed by atoms with van der Waals surface area (Å²) in [6.07, 6.45) is -0.698. The van der Waals surface area contributed by atoms with Crippen molar-refractivity contribution in [1.29, 1.82) is 0 Å². The van der Waals surface area contributed by atoms with E-state index in [4.69, 9.17) is 10.5 Å². The van der Waals surface area contributed by atoms with Crippen LogP contribution in [0, 0.1) is 0 Å². The summed E-state index contributed by atoms with van der Waals surface area (Å²) >= 11 is 0. The summed E-state index contributed by atoms with van der Waals surface area (Å²) in [7, 11) is 0. The van der Waals surface area contributed by atoms with Gasteiger partial charge >= 0.3 is 6.36 Å². The summed E-state index contributed by atoms with van der Waals surface area (Å²) in [5, 5.41) is 2.43. The molecule has 1 saturated heterocycles. The molecule has 0 atom stereocenters. The molecule has 13 heteroatoms. The number of nitrogens with one attached hydrogen (secondary N) is 1. The molecule has 3 N–H and O–H groups in total. The number of anilines is 2. The number of ether oxygens (including phenoxy) is 2. The number of Topliss-reactive ketones (excluding diaryl/α,β-unsaturated/α-hetero) is 1. The van der Waals surface area contributed by atoms with Gasteiger partial charge in [-0.2, -0.15) is 0 Å². The second-order valence-electron chi connectivity index (χ2n) is 8.16. The standard InChI is InChI=1S/C24H23F3N6O4/c25-24(26,27)37-21-2-1-16(9-18(21)32-23(35)14-33-5-7-36-8-6-33)20(34)11-17-12-31-19(13-30-17)15-3-4-29-22(28)10-15/h1-4,9-10,12-13H,5-8,11,14H2,(H2,28,29)(H,32,35). The quantitative estimate of drug-likeness (QED) is 0.434. The molecule has 0 unspecified atom stereocenters. The molecule has 1 amide bonds. The summed E-state index contributed by atoms with van der Waals surface area (Å²) in [4.78, 5) is 39.6. The first-order valence-corrected chi connectivity index (χ1v) is 11.2. The van der Waals surface area contributed by atoms with Crippen molar-refractivity contribution in [2.24, 2.45) is 0 Å². The molecule has 1 fully saturated rings. The highest BCUT2D eigenvalue weighted by atomic mass is 19.4. The minimum Gasteiger partial charge on any atom is -0.404 e. The van der Waals surface area contributed by atoms with Crippen molar-refractivity contribution in [3.63, 3.8) is 0 Å². The van der Waals surface area contributed by atoms with Crippen LogP contribution >= 0.6 is 0 Å². The third-order valence-corrected chi connectivity index (χ3v) is 5.40. The number of rotatable bonds is 8. The average molecular weight is 516 g/mol. The second kappa shape index (κ2) is 11.3. The number of nitrogens with two attached hydrogens (primary N) is 1. The molecule has 3 heterocycles. The fourth-order valence-corrected chi connectivity index (χ4v) is 3.64. The van der Waals surface area contributed by atoms with E-state index in [2.05, 4.69) is 25.0 Å². The summed E-state index contributed by atoms with van der Waals surface area (Å²) in [5.41, 5.74) is 7.08. The van der Waals surface area contributed by atoms with E-state index in [-0.39, 0.29) is 24.2 Å². The molecule has 0 spiro atoms. The Morgan fingerprint density at radius 2 is 1.86 bits per heavy atom. The van der Waals surface area contributed by atoms with Crippen LogP contribution in [-0.2, 0) is 16.0 Å². The molecule has 1 aliphatic rings. The summed E-state index contributed by atoms with van der Waals surface area (Å²) in [6.45, 7) is 1.91. The van der Waals surface area contributed by atoms with Crippen molar-refractivity contribution in [3.05, 3.63) is 60.2 Å². The number of nitrogen functional groups attached to an aromatic ring is 1. The highest BCUT2D eigenvalue weighted by Gasteiger charge is 2.32. The minimum absolute atomic E-state index is 0.0436. The molecular formula is C24H23F3N6O4. The van der Waals surface area contributed by atoms with E-state index in [1.165, 1.54) is 24.7 Å². The van der Waals surface area contributed by atoms with Crippen LogP contribution in [0.4, 0.5) is 24.7 Å². The van der Waals surface area contributed by atoms with E-state index in [1.807, 2.05) is 0 Å². The lowest BCUT2D eigenvalue weighted by Gasteiger charge is -2.26. The fraction of sp³-hybridized carbons (Fsp3) is 0.292. The molecule has 194 valence electrons. The van der Waals surface area contributed by atoms with Gasteiger partial charge in [0, 0.05) is 36.6 Å². The maximum atomic E-state index is 12.9. The number of alkyl halides is 3. The van der Waals surface area contributed by atoms with E-state index < -0.39 is 23.8 Å². The van der Waals surface area contributed by atoms with Crippen molar-refractivity contribution in [1.82, 2.24) is 19.9 Å². The Balaban J connectivity index is 1.48. The molecule has 1 aromatic carbocycles. The molecule has 0 radical (unpaired) electrons. The number of aromatic nitrogens is 3. The zero-order valence-electron chi connectivity index (χ0n) is 19.5. The van der Waals surface area contributed by atoms with Crippen LogP contribution in [0.2, 0.25) is 0 Å². The number of carbonyl (C=O) groups is 2. The van der Waals surface area contributed by atoms with Gasteiger partial charge in [0.15, 0.2) is 11.5 Å². The molecule has 1 aliphatic heterocycles. The first-order valence-electron chi connectivity index (χ1n) is 11.2. The van der Waals surface area contributed by atoms with Crippen molar-refractivity contribution in [2.45, 2.75) is 12.8 Å². The van der Waals surface area contributed by atoms with Gasteiger partial charge in [-0.15, -0.1) is 13.2 Å². The monoisotopic (exact) mass is 516 g/mol. The predicted molar refractivity (Wildman–Crippen MR) is 127 cm³/mol. The molecule has 3 aromatic rings. The van der Waals surface area contributed by atoms with E-state index >= 15 is 0 Å². The number of hydrogen-bond donors (Lipinski definition) is 2. The summed E-state index contributed by atoms with van der Waals surface area (Å²) in [5.74, 6) is -1.28. The maximum absolute atomic E-state index is 12.9. The Labute approximate surface area is 209 Å². The lowest BCUT2D eigenvalue weighted by Crippen LogP contribution is -2.41. The van der Waals surface area contributed by atoms with Gasteiger partial charge in [0.25, 0.3) is 0 Å². The van der Waals surface area contributed by atoms with Crippen LogP contribution in [0.1, 0.15) is 16.1 Å². The third-order valence-electron chi connectivity index (χ3n) is 5.40. The molecule has 4 rings (SSSR count). The van der Waals surface area contributed by atoms with Gasteiger partial charge in [-0.25, -0.2) is 4.98 Å². The van der Waals surface area contributed by atoms with Crippen LogP contribution in [0.3, 0.4) is 0 Å². The number of nitrogens with zero attached hydrogens (tertiary/aromatic N) is 4. The number of ketones is 1. The topological polar surface area (TPSA) is 133 Å². The summed E-state index contributed by atoms with van der Waals surface area (Å²) < 4.78 is 48.0. The molecule has 37 heavy (non-hydrogen) atoms. The van der Waals surface area contributed by atoms with E-state index in [1.54, 1.807) is 17.0 Å². The SMILES string of the molecule is Nc1cc(-c2cnc(CC(=O)c3ccc(OC(F)(F)F)c(NC(=O)CN4CCOCC4)c3)cn2)ccn1. The molecule has 2 aromatic heterocycles. The first kappa shape index (κ1) is 26.0. The number of benzene rings is 1. The number of amides is 1. The lowest BCUT2D eigenvalue weighted by atomic mass is 10.1. The first-order chi connectivity index (χ1) is 17.7.